The van der Waals surface area contributed by atoms with Crippen molar-refractivity contribution in [2.45, 2.75) is 13.3 Å². The summed E-state index contributed by atoms with van der Waals surface area (Å²) in [5.41, 5.74) is 1.38. The van der Waals surface area contributed by atoms with Gasteiger partial charge in [-0.1, -0.05) is 0 Å². The SMILES string of the molecule is Cc1nsc(NCCCO)c1C#N. The normalized spacial score (nSPS) is 9.62. The molecule has 0 aromatic carbocycles. The highest BCUT2D eigenvalue weighted by Gasteiger charge is 2.08. The number of aryl methyl sites for hydroxylation is 1. The first-order valence-corrected chi connectivity index (χ1v) is 4.78. The Hall–Kier alpha value is -1.12. The van der Waals surface area contributed by atoms with E-state index in [2.05, 4.69) is 15.8 Å². The highest BCUT2D eigenvalue weighted by Crippen LogP contribution is 2.22. The molecule has 0 fully saturated rings. The van der Waals surface area contributed by atoms with Gasteiger partial charge in [0.25, 0.3) is 0 Å². The summed E-state index contributed by atoms with van der Waals surface area (Å²) < 4.78 is 4.06. The monoisotopic (exact) mass is 197 g/mol. The molecule has 1 rings (SSSR count). The number of nitrogens with zero attached hydrogens (tertiary/aromatic N) is 2. The zero-order chi connectivity index (χ0) is 9.68. The van der Waals surface area contributed by atoms with Crippen LogP contribution in [0.25, 0.3) is 0 Å². The molecule has 0 aliphatic heterocycles. The Labute approximate surface area is 81.0 Å². The summed E-state index contributed by atoms with van der Waals surface area (Å²) >= 11 is 1.29. The van der Waals surface area contributed by atoms with Gasteiger partial charge >= 0.3 is 0 Å². The first-order chi connectivity index (χ1) is 6.29. The molecular weight excluding hydrogens is 186 g/mol. The van der Waals surface area contributed by atoms with Crippen LogP contribution in [0.5, 0.6) is 0 Å². The maximum atomic E-state index is 8.77. The molecule has 1 aromatic rings. The fourth-order valence-electron chi connectivity index (χ4n) is 0.903. The smallest absolute Gasteiger partial charge is 0.127 e. The maximum Gasteiger partial charge on any atom is 0.127 e. The standard InChI is InChI=1S/C8H11N3OS/c1-6-7(5-9)8(13-11-6)10-3-2-4-12/h10,12H,2-4H2,1H3. The Bertz CT molecular complexity index is 316. The van der Waals surface area contributed by atoms with Crippen LogP contribution in [0.4, 0.5) is 5.00 Å². The van der Waals surface area contributed by atoms with Crippen LogP contribution in [-0.4, -0.2) is 22.6 Å². The number of anilines is 1. The molecule has 70 valence electrons. The summed E-state index contributed by atoms with van der Waals surface area (Å²) in [7, 11) is 0. The quantitative estimate of drug-likeness (QED) is 0.710. The second-order valence-corrected chi connectivity index (χ2v) is 3.36. The minimum atomic E-state index is 0.159. The molecule has 0 saturated carbocycles. The Balaban J connectivity index is 2.62. The number of rotatable bonds is 4. The Morgan fingerprint density at radius 1 is 1.69 bits per heavy atom. The largest absolute Gasteiger partial charge is 0.396 e. The van der Waals surface area contributed by atoms with E-state index in [1.165, 1.54) is 11.5 Å². The van der Waals surface area contributed by atoms with Crippen LogP contribution in [0.15, 0.2) is 0 Å². The Morgan fingerprint density at radius 2 is 2.46 bits per heavy atom. The van der Waals surface area contributed by atoms with Crippen LogP contribution in [-0.2, 0) is 0 Å². The lowest BCUT2D eigenvalue weighted by Crippen LogP contribution is -2.02. The molecule has 0 radical (unpaired) electrons. The minimum Gasteiger partial charge on any atom is -0.396 e. The van der Waals surface area contributed by atoms with E-state index in [4.69, 9.17) is 10.4 Å². The zero-order valence-electron chi connectivity index (χ0n) is 7.37. The molecule has 2 N–H and O–H groups in total. The third kappa shape index (κ3) is 2.41. The van der Waals surface area contributed by atoms with Gasteiger partial charge in [-0.15, -0.1) is 0 Å². The summed E-state index contributed by atoms with van der Waals surface area (Å²) in [5.74, 6) is 0. The molecule has 0 bridgehead atoms. The molecule has 4 nitrogen and oxygen atoms in total. The number of nitriles is 1. The molecule has 0 aliphatic rings. The second kappa shape index (κ2) is 4.80. The van der Waals surface area contributed by atoms with E-state index in [1.54, 1.807) is 0 Å². The molecule has 1 aromatic heterocycles. The van der Waals surface area contributed by atoms with Crippen molar-refractivity contribution in [1.29, 1.82) is 5.26 Å². The second-order valence-electron chi connectivity index (χ2n) is 2.59. The van der Waals surface area contributed by atoms with Gasteiger partial charge < -0.3 is 10.4 Å². The molecule has 0 aliphatic carbocycles. The van der Waals surface area contributed by atoms with Crippen molar-refractivity contribution >= 4 is 16.5 Å². The fourth-order valence-corrected chi connectivity index (χ4v) is 1.67. The Morgan fingerprint density at radius 3 is 3.08 bits per heavy atom. The van der Waals surface area contributed by atoms with Gasteiger partial charge in [-0.05, 0) is 24.9 Å². The van der Waals surface area contributed by atoms with Crippen molar-refractivity contribution in [2.75, 3.05) is 18.5 Å². The predicted molar refractivity (Wildman–Crippen MR) is 51.8 cm³/mol. The van der Waals surface area contributed by atoms with Crippen LogP contribution >= 0.6 is 11.5 Å². The average molecular weight is 197 g/mol. The van der Waals surface area contributed by atoms with Crippen molar-refractivity contribution in [3.63, 3.8) is 0 Å². The number of nitrogens with one attached hydrogen (secondary N) is 1. The molecule has 0 unspecified atom stereocenters. The van der Waals surface area contributed by atoms with Gasteiger partial charge in [-0.2, -0.15) is 9.64 Å². The number of hydrogen-bond acceptors (Lipinski definition) is 5. The van der Waals surface area contributed by atoms with Crippen molar-refractivity contribution in [2.24, 2.45) is 0 Å². The van der Waals surface area contributed by atoms with Crippen LogP contribution in [0.3, 0.4) is 0 Å². The van der Waals surface area contributed by atoms with E-state index in [0.29, 0.717) is 18.5 Å². The van der Waals surface area contributed by atoms with Gasteiger partial charge in [-0.3, -0.25) is 0 Å². The molecule has 0 amide bonds. The molecular formula is C8H11N3OS. The van der Waals surface area contributed by atoms with Crippen LogP contribution in [0, 0.1) is 18.3 Å². The molecule has 0 spiro atoms. The fraction of sp³-hybridized carbons (Fsp3) is 0.500. The summed E-state index contributed by atoms with van der Waals surface area (Å²) in [4.78, 5) is 0. The highest BCUT2D eigenvalue weighted by atomic mass is 32.1. The third-order valence-corrected chi connectivity index (χ3v) is 2.49. The van der Waals surface area contributed by atoms with E-state index < -0.39 is 0 Å². The van der Waals surface area contributed by atoms with Gasteiger partial charge in [0.2, 0.25) is 0 Å². The van der Waals surface area contributed by atoms with Crippen LogP contribution in [0.1, 0.15) is 17.7 Å². The molecule has 1 heterocycles. The van der Waals surface area contributed by atoms with E-state index in [0.717, 1.165) is 10.7 Å². The summed E-state index contributed by atoms with van der Waals surface area (Å²) in [5, 5.41) is 21.2. The number of hydrogen-bond donors (Lipinski definition) is 2. The predicted octanol–water partition coefficient (Wildman–Crippen LogP) is 1.12. The minimum absolute atomic E-state index is 0.159. The lowest BCUT2D eigenvalue weighted by molar-refractivity contribution is 0.292. The van der Waals surface area contributed by atoms with Crippen molar-refractivity contribution < 1.29 is 5.11 Å². The zero-order valence-corrected chi connectivity index (χ0v) is 8.19. The molecule has 5 heteroatoms. The van der Waals surface area contributed by atoms with Crippen LogP contribution < -0.4 is 5.32 Å². The van der Waals surface area contributed by atoms with Gasteiger partial charge in [0.1, 0.15) is 16.6 Å². The van der Waals surface area contributed by atoms with Crippen molar-refractivity contribution in [3.05, 3.63) is 11.3 Å². The first-order valence-electron chi connectivity index (χ1n) is 4.00. The number of aromatic nitrogens is 1. The molecule has 0 atom stereocenters. The van der Waals surface area contributed by atoms with Crippen molar-refractivity contribution in [1.82, 2.24) is 4.37 Å². The summed E-state index contributed by atoms with van der Waals surface area (Å²) in [6, 6.07) is 2.09. The Kier molecular flexibility index (Phi) is 3.68. The lowest BCUT2D eigenvalue weighted by Gasteiger charge is -2.00. The van der Waals surface area contributed by atoms with Crippen LogP contribution in [0.2, 0.25) is 0 Å². The number of aliphatic hydroxyl groups is 1. The van der Waals surface area contributed by atoms with E-state index in [9.17, 15) is 0 Å². The average Bonchev–Trinajstić information content (AvgIpc) is 2.47. The third-order valence-electron chi connectivity index (χ3n) is 1.59. The van der Waals surface area contributed by atoms with Crippen molar-refractivity contribution in [3.8, 4) is 6.07 Å². The van der Waals surface area contributed by atoms with Gasteiger partial charge in [0.15, 0.2) is 0 Å². The number of aliphatic hydroxyl groups excluding tert-OH is 1. The lowest BCUT2D eigenvalue weighted by atomic mass is 10.3. The maximum absolute atomic E-state index is 8.77. The van der Waals surface area contributed by atoms with E-state index in [-0.39, 0.29) is 6.61 Å². The first kappa shape index (κ1) is 9.96. The summed E-state index contributed by atoms with van der Waals surface area (Å²) in [6.45, 7) is 2.64. The topological polar surface area (TPSA) is 68.9 Å². The molecule has 0 saturated heterocycles. The highest BCUT2D eigenvalue weighted by molar-refractivity contribution is 7.10. The summed E-state index contributed by atoms with van der Waals surface area (Å²) in [6.07, 6.45) is 0.682. The molecule has 13 heavy (non-hydrogen) atoms. The van der Waals surface area contributed by atoms with Gasteiger partial charge in [0.05, 0.1) is 5.69 Å². The van der Waals surface area contributed by atoms with Gasteiger partial charge in [-0.25, -0.2) is 0 Å². The van der Waals surface area contributed by atoms with E-state index >= 15 is 0 Å². The van der Waals surface area contributed by atoms with E-state index in [1.807, 2.05) is 6.92 Å². The van der Waals surface area contributed by atoms with Gasteiger partial charge in [0, 0.05) is 13.2 Å².